The molecule has 2 aromatic heterocycles. The normalized spacial score (nSPS) is 12.9. The number of oxazole rings is 1. The summed E-state index contributed by atoms with van der Waals surface area (Å²) in [6.07, 6.45) is 5.25. The molecule has 92 valence electrons. The Hall–Kier alpha value is -1.78. The van der Waals surface area contributed by atoms with Gasteiger partial charge in [0.15, 0.2) is 6.26 Å². The van der Waals surface area contributed by atoms with Crippen LogP contribution in [-0.4, -0.2) is 16.2 Å². The summed E-state index contributed by atoms with van der Waals surface area (Å²) in [4.78, 5) is 0. The molecule has 2 N–H and O–H groups in total. The molecular weight excluding hydrogens is 216 g/mol. The van der Waals surface area contributed by atoms with Crippen molar-refractivity contribution in [3.8, 4) is 0 Å². The van der Waals surface area contributed by atoms with Gasteiger partial charge in [0.05, 0.1) is 6.04 Å². The molecule has 2 heterocycles. The number of hydrogen-bond acceptors (Lipinski definition) is 3. The molecule has 0 saturated carbocycles. The molecule has 0 amide bonds. The lowest BCUT2D eigenvalue weighted by atomic mass is 10.1. The van der Waals surface area contributed by atoms with Crippen LogP contribution in [-0.2, 0) is 6.54 Å². The monoisotopic (exact) mass is 235 g/mol. The molecule has 0 aliphatic heterocycles. The molecule has 2 aromatic rings. The molecule has 2 rings (SSSR count). The van der Waals surface area contributed by atoms with Gasteiger partial charge in [-0.15, -0.1) is 0 Å². The van der Waals surface area contributed by atoms with Crippen molar-refractivity contribution in [2.24, 2.45) is 0 Å². The zero-order valence-electron chi connectivity index (χ0n) is 10.5. The largest absolute Gasteiger partial charge is 0.428 e. The molecular formula is C12H19N4O+. The molecule has 0 fully saturated rings. The maximum atomic E-state index is 5.24. The molecule has 0 spiro atoms. The minimum absolute atomic E-state index is 0.368. The summed E-state index contributed by atoms with van der Waals surface area (Å²) in [5.74, 6) is 1.37. The first kappa shape index (κ1) is 11.7. The van der Waals surface area contributed by atoms with E-state index in [0.717, 1.165) is 18.1 Å². The van der Waals surface area contributed by atoms with Crippen molar-refractivity contribution < 1.29 is 8.98 Å². The number of rotatable bonds is 5. The van der Waals surface area contributed by atoms with Gasteiger partial charge < -0.3 is 4.42 Å². The average molecular weight is 235 g/mol. The van der Waals surface area contributed by atoms with Gasteiger partial charge in [0.2, 0.25) is 0 Å². The van der Waals surface area contributed by atoms with E-state index in [-0.39, 0.29) is 0 Å². The molecule has 0 radical (unpaired) electrons. The fraction of sp³-hybridized carbons (Fsp3) is 0.500. The topological polar surface area (TPSA) is 57.7 Å². The van der Waals surface area contributed by atoms with Gasteiger partial charge in [-0.3, -0.25) is 10.4 Å². The van der Waals surface area contributed by atoms with E-state index in [4.69, 9.17) is 4.42 Å². The van der Waals surface area contributed by atoms with Crippen LogP contribution in [0.15, 0.2) is 29.3 Å². The molecule has 0 aromatic carbocycles. The van der Waals surface area contributed by atoms with Gasteiger partial charge in [-0.2, -0.15) is 9.67 Å². The number of aromatic amines is 1. The predicted molar refractivity (Wildman–Crippen MR) is 64.7 cm³/mol. The standard InChI is InChI=1S/C12H19N4O/c1-9(2)14-12-7-17-8-16(12)6-10(3)11-4-5-13-15-11/h4-5,7-10,14H,6H2,1-3H3,(H,13,15)/q+1. The van der Waals surface area contributed by atoms with E-state index < -0.39 is 0 Å². The first-order valence-electron chi connectivity index (χ1n) is 5.88. The van der Waals surface area contributed by atoms with Crippen LogP contribution in [0.4, 0.5) is 5.82 Å². The van der Waals surface area contributed by atoms with Crippen LogP contribution >= 0.6 is 0 Å². The molecule has 0 saturated heterocycles. The maximum absolute atomic E-state index is 5.24. The Labute approximate surface area is 101 Å². The van der Waals surface area contributed by atoms with Crippen LogP contribution in [0.25, 0.3) is 0 Å². The quantitative estimate of drug-likeness (QED) is 0.778. The second kappa shape index (κ2) is 5.03. The fourth-order valence-corrected chi connectivity index (χ4v) is 1.78. The summed E-state index contributed by atoms with van der Waals surface area (Å²) in [6, 6.07) is 2.39. The third kappa shape index (κ3) is 2.87. The van der Waals surface area contributed by atoms with Gasteiger partial charge in [-0.25, -0.2) is 0 Å². The van der Waals surface area contributed by atoms with Crippen molar-refractivity contribution in [3.63, 3.8) is 0 Å². The number of H-pyrrole nitrogens is 1. The highest BCUT2D eigenvalue weighted by Gasteiger charge is 2.17. The van der Waals surface area contributed by atoms with Crippen molar-refractivity contribution in [2.75, 3.05) is 5.32 Å². The average Bonchev–Trinajstić information content (AvgIpc) is 2.89. The molecule has 1 unspecified atom stereocenters. The fourth-order valence-electron chi connectivity index (χ4n) is 1.78. The summed E-state index contributed by atoms with van der Waals surface area (Å²) < 4.78 is 7.31. The lowest BCUT2D eigenvalue weighted by Crippen LogP contribution is -2.38. The zero-order valence-corrected chi connectivity index (χ0v) is 10.5. The van der Waals surface area contributed by atoms with E-state index in [9.17, 15) is 0 Å². The van der Waals surface area contributed by atoms with Gasteiger partial charge in [-0.05, 0) is 19.9 Å². The predicted octanol–water partition coefficient (Wildman–Crippen LogP) is 1.91. The van der Waals surface area contributed by atoms with Gasteiger partial charge in [-0.1, -0.05) is 6.92 Å². The summed E-state index contributed by atoms with van der Waals surface area (Å²) in [6.45, 7) is 7.23. The molecule has 17 heavy (non-hydrogen) atoms. The summed E-state index contributed by atoms with van der Waals surface area (Å²) in [5.41, 5.74) is 1.13. The van der Waals surface area contributed by atoms with Crippen LogP contribution in [0, 0.1) is 0 Å². The van der Waals surface area contributed by atoms with E-state index in [2.05, 4.69) is 40.9 Å². The number of nitrogens with one attached hydrogen (secondary N) is 2. The first-order valence-corrected chi connectivity index (χ1v) is 5.88. The molecule has 5 nitrogen and oxygen atoms in total. The van der Waals surface area contributed by atoms with E-state index in [1.807, 2.05) is 6.07 Å². The molecule has 0 aliphatic rings. The van der Waals surface area contributed by atoms with Gasteiger partial charge >= 0.3 is 5.82 Å². The molecule has 0 aliphatic carbocycles. The summed E-state index contributed by atoms with van der Waals surface area (Å²) in [5, 5.41) is 10.3. The Bertz CT molecular complexity index is 447. The molecule has 1 atom stereocenters. The second-order valence-electron chi connectivity index (χ2n) is 4.61. The molecule has 5 heteroatoms. The van der Waals surface area contributed by atoms with Crippen LogP contribution in [0.2, 0.25) is 0 Å². The van der Waals surface area contributed by atoms with E-state index in [1.165, 1.54) is 0 Å². The van der Waals surface area contributed by atoms with Crippen LogP contribution in [0.3, 0.4) is 0 Å². The first-order chi connectivity index (χ1) is 8.16. The Morgan fingerprint density at radius 1 is 1.47 bits per heavy atom. The van der Waals surface area contributed by atoms with Crippen LogP contribution in [0.1, 0.15) is 32.4 Å². The molecule has 0 bridgehead atoms. The van der Waals surface area contributed by atoms with Crippen molar-refractivity contribution in [3.05, 3.63) is 30.6 Å². The second-order valence-corrected chi connectivity index (χ2v) is 4.61. The number of aromatic nitrogens is 3. The van der Waals surface area contributed by atoms with Crippen molar-refractivity contribution in [1.29, 1.82) is 0 Å². The van der Waals surface area contributed by atoms with Crippen molar-refractivity contribution >= 4 is 5.82 Å². The maximum Gasteiger partial charge on any atom is 0.313 e. The highest BCUT2D eigenvalue weighted by Crippen LogP contribution is 2.13. The van der Waals surface area contributed by atoms with Crippen molar-refractivity contribution in [1.82, 2.24) is 10.2 Å². The third-order valence-electron chi connectivity index (χ3n) is 2.64. The summed E-state index contributed by atoms with van der Waals surface area (Å²) in [7, 11) is 0. The lowest BCUT2D eigenvalue weighted by Gasteiger charge is -2.08. The van der Waals surface area contributed by atoms with Gasteiger partial charge in [0, 0.05) is 17.8 Å². The zero-order chi connectivity index (χ0) is 12.3. The Kier molecular flexibility index (Phi) is 3.46. The highest BCUT2D eigenvalue weighted by molar-refractivity contribution is 5.23. The summed E-state index contributed by atoms with van der Waals surface area (Å²) >= 11 is 0. The number of hydrogen-bond donors (Lipinski definition) is 2. The van der Waals surface area contributed by atoms with Gasteiger partial charge in [0.1, 0.15) is 6.54 Å². The minimum Gasteiger partial charge on any atom is -0.428 e. The highest BCUT2D eigenvalue weighted by atomic mass is 16.3. The van der Waals surface area contributed by atoms with Crippen LogP contribution in [0.5, 0.6) is 0 Å². The minimum atomic E-state index is 0.368. The Morgan fingerprint density at radius 2 is 2.29 bits per heavy atom. The van der Waals surface area contributed by atoms with Crippen molar-refractivity contribution in [2.45, 2.75) is 39.3 Å². The van der Waals surface area contributed by atoms with Gasteiger partial charge in [0.25, 0.3) is 6.39 Å². The Balaban J connectivity index is 2.06. The number of anilines is 1. The Morgan fingerprint density at radius 3 is 2.94 bits per heavy atom. The van der Waals surface area contributed by atoms with Crippen LogP contribution < -0.4 is 9.88 Å². The SMILES string of the molecule is CC(C)Nc1coc[n+]1CC(C)c1ccn[nH]1. The van der Waals surface area contributed by atoms with E-state index in [1.54, 1.807) is 18.9 Å². The van der Waals surface area contributed by atoms with E-state index in [0.29, 0.717) is 12.0 Å². The van der Waals surface area contributed by atoms with E-state index >= 15 is 0 Å². The smallest absolute Gasteiger partial charge is 0.313 e. The lowest BCUT2D eigenvalue weighted by molar-refractivity contribution is -0.689. The third-order valence-corrected chi connectivity index (χ3v) is 2.64. The number of nitrogens with zero attached hydrogens (tertiary/aromatic N) is 2.